The summed E-state index contributed by atoms with van der Waals surface area (Å²) in [4.78, 5) is 12.4. The predicted octanol–water partition coefficient (Wildman–Crippen LogP) is 3.64. The molecule has 0 aromatic heterocycles. The molecule has 2 aromatic rings. The van der Waals surface area contributed by atoms with Crippen LogP contribution in [-0.4, -0.2) is 19.6 Å². The number of anilines is 1. The predicted molar refractivity (Wildman–Crippen MR) is 92.8 cm³/mol. The molecule has 0 spiro atoms. The lowest BCUT2D eigenvalue weighted by molar-refractivity contribution is -0.112. The van der Waals surface area contributed by atoms with E-state index in [9.17, 15) is 10.1 Å². The number of rotatable bonds is 6. The molecule has 0 fully saturated rings. The minimum atomic E-state index is -0.504. The normalized spacial score (nSPS) is 10.6. The van der Waals surface area contributed by atoms with Crippen molar-refractivity contribution in [1.82, 2.24) is 0 Å². The SMILES string of the molecule is CCOc1ccccc1NC(=O)/C(C#N)=C/c1ccccc1OC. The summed E-state index contributed by atoms with van der Waals surface area (Å²) in [7, 11) is 1.54. The molecule has 1 N–H and O–H groups in total. The number of hydrogen-bond acceptors (Lipinski definition) is 4. The molecule has 0 unspecified atom stereocenters. The Morgan fingerprint density at radius 1 is 1.17 bits per heavy atom. The quantitative estimate of drug-likeness (QED) is 0.651. The van der Waals surface area contributed by atoms with E-state index in [0.29, 0.717) is 29.4 Å². The maximum absolute atomic E-state index is 12.4. The highest BCUT2D eigenvalue weighted by Gasteiger charge is 2.13. The smallest absolute Gasteiger partial charge is 0.266 e. The van der Waals surface area contributed by atoms with Crippen molar-refractivity contribution in [3.63, 3.8) is 0 Å². The fraction of sp³-hybridized carbons (Fsp3) is 0.158. The lowest BCUT2D eigenvalue weighted by Gasteiger charge is -2.11. The molecular weight excluding hydrogens is 304 g/mol. The zero-order valence-electron chi connectivity index (χ0n) is 13.6. The second-order valence-electron chi connectivity index (χ2n) is 4.80. The Hall–Kier alpha value is -3.26. The first-order chi connectivity index (χ1) is 11.7. The van der Waals surface area contributed by atoms with Gasteiger partial charge in [0.2, 0.25) is 0 Å². The van der Waals surface area contributed by atoms with Crippen LogP contribution in [0, 0.1) is 11.3 Å². The van der Waals surface area contributed by atoms with Crippen molar-refractivity contribution in [2.75, 3.05) is 19.0 Å². The van der Waals surface area contributed by atoms with Gasteiger partial charge in [-0.15, -0.1) is 0 Å². The second kappa shape index (κ2) is 8.39. The van der Waals surface area contributed by atoms with Crippen LogP contribution in [0.2, 0.25) is 0 Å². The van der Waals surface area contributed by atoms with Gasteiger partial charge >= 0.3 is 0 Å². The highest BCUT2D eigenvalue weighted by atomic mass is 16.5. The van der Waals surface area contributed by atoms with Crippen molar-refractivity contribution in [3.8, 4) is 17.6 Å². The Morgan fingerprint density at radius 2 is 1.83 bits per heavy atom. The molecule has 2 aromatic carbocycles. The van der Waals surface area contributed by atoms with Crippen molar-refractivity contribution >= 4 is 17.7 Å². The van der Waals surface area contributed by atoms with E-state index in [2.05, 4.69) is 5.32 Å². The Morgan fingerprint density at radius 3 is 2.50 bits per heavy atom. The van der Waals surface area contributed by atoms with Gasteiger partial charge < -0.3 is 14.8 Å². The highest BCUT2D eigenvalue weighted by molar-refractivity contribution is 6.10. The molecule has 0 bridgehead atoms. The highest BCUT2D eigenvalue weighted by Crippen LogP contribution is 2.25. The van der Waals surface area contributed by atoms with Gasteiger partial charge in [-0.3, -0.25) is 4.79 Å². The fourth-order valence-electron chi connectivity index (χ4n) is 2.13. The number of benzene rings is 2. The molecule has 0 aliphatic carbocycles. The van der Waals surface area contributed by atoms with Crippen LogP contribution >= 0.6 is 0 Å². The Balaban J connectivity index is 2.27. The van der Waals surface area contributed by atoms with E-state index in [-0.39, 0.29) is 5.57 Å². The van der Waals surface area contributed by atoms with E-state index >= 15 is 0 Å². The van der Waals surface area contributed by atoms with Gasteiger partial charge in [-0.2, -0.15) is 5.26 Å². The van der Waals surface area contributed by atoms with Crippen LogP contribution in [-0.2, 0) is 4.79 Å². The number of para-hydroxylation sites is 3. The molecule has 0 aliphatic rings. The van der Waals surface area contributed by atoms with Crippen molar-refractivity contribution in [3.05, 3.63) is 59.7 Å². The summed E-state index contributed by atoms with van der Waals surface area (Å²) in [6.07, 6.45) is 1.50. The van der Waals surface area contributed by atoms with Crippen LogP contribution in [0.1, 0.15) is 12.5 Å². The Labute approximate surface area is 141 Å². The number of hydrogen-bond donors (Lipinski definition) is 1. The lowest BCUT2D eigenvalue weighted by atomic mass is 10.1. The molecule has 5 nitrogen and oxygen atoms in total. The van der Waals surface area contributed by atoms with E-state index in [1.807, 2.05) is 31.2 Å². The largest absolute Gasteiger partial charge is 0.496 e. The zero-order valence-corrected chi connectivity index (χ0v) is 13.6. The van der Waals surface area contributed by atoms with Gasteiger partial charge in [-0.1, -0.05) is 30.3 Å². The standard InChI is InChI=1S/C19H18N2O3/c1-3-24-18-11-7-5-9-16(18)21-19(22)15(13-20)12-14-8-4-6-10-17(14)23-2/h4-12H,3H2,1-2H3,(H,21,22)/b15-12+. The molecule has 24 heavy (non-hydrogen) atoms. The second-order valence-corrected chi connectivity index (χ2v) is 4.80. The van der Waals surface area contributed by atoms with Gasteiger partial charge in [0, 0.05) is 5.56 Å². The third-order valence-corrected chi connectivity index (χ3v) is 3.24. The monoisotopic (exact) mass is 322 g/mol. The Bertz CT molecular complexity index is 791. The van der Waals surface area contributed by atoms with E-state index in [1.54, 1.807) is 30.3 Å². The topological polar surface area (TPSA) is 71.3 Å². The van der Waals surface area contributed by atoms with Gasteiger partial charge in [0.05, 0.1) is 19.4 Å². The molecule has 1 amide bonds. The summed E-state index contributed by atoms with van der Waals surface area (Å²) in [5.41, 5.74) is 1.15. The summed E-state index contributed by atoms with van der Waals surface area (Å²) in [6, 6.07) is 16.2. The van der Waals surface area contributed by atoms with E-state index < -0.39 is 5.91 Å². The fourth-order valence-corrected chi connectivity index (χ4v) is 2.13. The summed E-state index contributed by atoms with van der Waals surface area (Å²) in [5.74, 6) is 0.645. The van der Waals surface area contributed by atoms with Crippen LogP contribution in [0.4, 0.5) is 5.69 Å². The third-order valence-electron chi connectivity index (χ3n) is 3.24. The van der Waals surface area contributed by atoms with Crippen molar-refractivity contribution < 1.29 is 14.3 Å². The first-order valence-corrected chi connectivity index (χ1v) is 7.47. The average Bonchev–Trinajstić information content (AvgIpc) is 2.61. The number of nitrogens with zero attached hydrogens (tertiary/aromatic N) is 1. The zero-order chi connectivity index (χ0) is 17.4. The van der Waals surface area contributed by atoms with Crippen LogP contribution in [0.3, 0.4) is 0 Å². The number of carbonyl (C=O) groups excluding carboxylic acids is 1. The van der Waals surface area contributed by atoms with Crippen LogP contribution in [0.5, 0.6) is 11.5 Å². The summed E-state index contributed by atoms with van der Waals surface area (Å²) < 4.78 is 10.7. The van der Waals surface area contributed by atoms with E-state index in [0.717, 1.165) is 0 Å². The Kier molecular flexibility index (Phi) is 5.98. The number of carbonyl (C=O) groups is 1. The minimum absolute atomic E-state index is 0.0224. The van der Waals surface area contributed by atoms with Crippen LogP contribution in [0.25, 0.3) is 6.08 Å². The number of ether oxygens (including phenoxy) is 2. The number of nitriles is 1. The number of amides is 1. The lowest BCUT2D eigenvalue weighted by Crippen LogP contribution is -2.14. The summed E-state index contributed by atoms with van der Waals surface area (Å²) in [5, 5.41) is 12.0. The summed E-state index contributed by atoms with van der Waals surface area (Å²) >= 11 is 0. The molecule has 0 saturated heterocycles. The molecule has 0 radical (unpaired) electrons. The average molecular weight is 322 g/mol. The third kappa shape index (κ3) is 4.14. The molecule has 0 saturated carbocycles. The van der Waals surface area contributed by atoms with Crippen LogP contribution in [0.15, 0.2) is 54.1 Å². The maximum atomic E-state index is 12.4. The van der Waals surface area contributed by atoms with Crippen molar-refractivity contribution in [2.24, 2.45) is 0 Å². The molecule has 0 heterocycles. The van der Waals surface area contributed by atoms with Crippen molar-refractivity contribution in [2.45, 2.75) is 6.92 Å². The van der Waals surface area contributed by atoms with Crippen molar-refractivity contribution in [1.29, 1.82) is 5.26 Å². The molecule has 122 valence electrons. The molecule has 5 heteroatoms. The van der Waals surface area contributed by atoms with E-state index in [1.165, 1.54) is 13.2 Å². The van der Waals surface area contributed by atoms with Gasteiger partial charge in [0.25, 0.3) is 5.91 Å². The van der Waals surface area contributed by atoms with Gasteiger partial charge in [0.1, 0.15) is 23.1 Å². The maximum Gasteiger partial charge on any atom is 0.266 e. The molecule has 2 rings (SSSR count). The first kappa shape index (κ1) is 17.1. The van der Waals surface area contributed by atoms with Gasteiger partial charge in [0.15, 0.2) is 0 Å². The van der Waals surface area contributed by atoms with Gasteiger partial charge in [-0.05, 0) is 31.2 Å². The minimum Gasteiger partial charge on any atom is -0.496 e. The number of nitrogens with one attached hydrogen (secondary N) is 1. The number of methoxy groups -OCH3 is 1. The molecule has 0 atom stereocenters. The first-order valence-electron chi connectivity index (χ1n) is 7.47. The van der Waals surface area contributed by atoms with Crippen LogP contribution < -0.4 is 14.8 Å². The molecular formula is C19H18N2O3. The summed E-state index contributed by atoms with van der Waals surface area (Å²) in [6.45, 7) is 2.34. The van der Waals surface area contributed by atoms with Gasteiger partial charge in [-0.25, -0.2) is 0 Å². The molecule has 0 aliphatic heterocycles. The van der Waals surface area contributed by atoms with E-state index in [4.69, 9.17) is 9.47 Å².